The average molecular weight is 319 g/mol. The third-order valence-electron chi connectivity index (χ3n) is 4.00. The number of urea groups is 1. The van der Waals surface area contributed by atoms with Crippen molar-refractivity contribution in [3.63, 3.8) is 0 Å². The molecule has 3 rings (SSSR count). The van der Waals surface area contributed by atoms with Crippen LogP contribution in [0.15, 0.2) is 35.5 Å². The lowest BCUT2D eigenvalue weighted by atomic mass is 9.96. The summed E-state index contributed by atoms with van der Waals surface area (Å²) in [6.07, 6.45) is 0.728. The number of benzene rings is 1. The molecular weight excluding hydrogens is 301 g/mol. The van der Waals surface area contributed by atoms with E-state index in [-0.39, 0.29) is 17.8 Å². The second-order valence-corrected chi connectivity index (χ2v) is 5.55. The highest BCUT2D eigenvalue weighted by Crippen LogP contribution is 2.32. The van der Waals surface area contributed by atoms with Crippen LogP contribution in [0.2, 0.25) is 0 Å². The molecule has 7 heteroatoms. The lowest BCUT2D eigenvalue weighted by Gasteiger charge is -2.25. The van der Waals surface area contributed by atoms with E-state index in [1.165, 1.54) is 12.1 Å². The van der Waals surface area contributed by atoms with Gasteiger partial charge in [-0.3, -0.25) is 4.79 Å². The fourth-order valence-corrected chi connectivity index (χ4v) is 2.91. The number of hydrogen-bond acceptors (Lipinski definition) is 3. The van der Waals surface area contributed by atoms with Gasteiger partial charge >= 0.3 is 6.03 Å². The second-order valence-electron chi connectivity index (χ2n) is 5.55. The Labute approximate surface area is 133 Å². The Morgan fingerprint density at radius 2 is 2.04 bits per heavy atom. The van der Waals surface area contributed by atoms with Crippen molar-refractivity contribution in [1.29, 1.82) is 0 Å². The van der Waals surface area contributed by atoms with Crippen LogP contribution in [0.25, 0.3) is 0 Å². The van der Waals surface area contributed by atoms with Gasteiger partial charge in [-0.15, -0.1) is 0 Å². The number of methoxy groups -OCH3 is 1. The maximum absolute atomic E-state index is 13.1. The summed E-state index contributed by atoms with van der Waals surface area (Å²) in [5, 5.41) is 5.44. The first-order valence-corrected chi connectivity index (χ1v) is 7.44. The van der Waals surface area contributed by atoms with Crippen LogP contribution in [0, 0.1) is 5.82 Å². The minimum absolute atomic E-state index is 0.113. The zero-order valence-electron chi connectivity index (χ0n) is 12.8. The van der Waals surface area contributed by atoms with Gasteiger partial charge in [-0.1, -0.05) is 12.1 Å². The Morgan fingerprint density at radius 1 is 1.30 bits per heavy atom. The molecule has 0 bridgehead atoms. The molecule has 1 aromatic carbocycles. The highest BCUT2D eigenvalue weighted by molar-refractivity contribution is 6.01. The Hall–Kier alpha value is -2.41. The predicted octanol–water partition coefficient (Wildman–Crippen LogP) is 1.31. The largest absolute Gasteiger partial charge is 0.385 e. The van der Waals surface area contributed by atoms with Crippen LogP contribution in [0.5, 0.6) is 0 Å². The molecule has 2 N–H and O–H groups in total. The minimum atomic E-state index is -0.556. The first-order valence-electron chi connectivity index (χ1n) is 7.44. The normalized spacial score (nSPS) is 20.4. The molecule has 0 spiro atoms. The van der Waals surface area contributed by atoms with E-state index in [0.717, 1.165) is 6.42 Å². The van der Waals surface area contributed by atoms with E-state index in [9.17, 15) is 14.0 Å². The van der Waals surface area contributed by atoms with Crippen molar-refractivity contribution in [2.24, 2.45) is 0 Å². The van der Waals surface area contributed by atoms with E-state index in [1.54, 1.807) is 24.1 Å². The summed E-state index contributed by atoms with van der Waals surface area (Å²) < 4.78 is 18.1. The van der Waals surface area contributed by atoms with Gasteiger partial charge in [0, 0.05) is 20.3 Å². The van der Waals surface area contributed by atoms with Crippen LogP contribution < -0.4 is 10.6 Å². The minimum Gasteiger partial charge on any atom is -0.385 e. The summed E-state index contributed by atoms with van der Waals surface area (Å²) in [6.45, 7) is 1.51. The van der Waals surface area contributed by atoms with Crippen molar-refractivity contribution >= 4 is 11.9 Å². The highest BCUT2D eigenvalue weighted by atomic mass is 19.1. The van der Waals surface area contributed by atoms with Gasteiger partial charge in [-0.05, 0) is 24.1 Å². The molecule has 0 saturated carbocycles. The van der Waals surface area contributed by atoms with Gasteiger partial charge in [0.1, 0.15) is 5.82 Å². The molecule has 1 aromatic rings. The SMILES string of the molecule is COCCCN1CC2=C(C1=O)[C@@H](c1ccc(F)cc1)NC(=O)N2. The van der Waals surface area contributed by atoms with E-state index in [1.807, 2.05) is 0 Å². The fraction of sp³-hybridized carbons (Fsp3) is 0.375. The molecule has 1 atom stereocenters. The molecule has 0 aromatic heterocycles. The van der Waals surface area contributed by atoms with Gasteiger partial charge in [0.2, 0.25) is 0 Å². The first kappa shape index (κ1) is 15.5. The molecule has 23 heavy (non-hydrogen) atoms. The number of carbonyl (C=O) groups is 2. The lowest BCUT2D eigenvalue weighted by Crippen LogP contribution is -2.44. The van der Waals surface area contributed by atoms with Crippen molar-refractivity contribution < 1.29 is 18.7 Å². The average Bonchev–Trinajstić information content (AvgIpc) is 2.84. The number of rotatable bonds is 5. The second kappa shape index (κ2) is 6.37. The molecular formula is C16H18FN3O3. The van der Waals surface area contributed by atoms with Crippen LogP contribution in [0.3, 0.4) is 0 Å². The summed E-state index contributed by atoms with van der Waals surface area (Å²) in [5.41, 5.74) is 1.82. The van der Waals surface area contributed by atoms with Gasteiger partial charge in [0.15, 0.2) is 0 Å². The molecule has 0 fully saturated rings. The molecule has 0 radical (unpaired) electrons. The summed E-state index contributed by atoms with van der Waals surface area (Å²) in [4.78, 5) is 26.2. The van der Waals surface area contributed by atoms with Gasteiger partial charge in [-0.25, -0.2) is 9.18 Å². The lowest BCUT2D eigenvalue weighted by molar-refractivity contribution is -0.125. The van der Waals surface area contributed by atoms with Gasteiger partial charge in [0.05, 0.1) is 23.9 Å². The van der Waals surface area contributed by atoms with E-state index >= 15 is 0 Å². The monoisotopic (exact) mass is 319 g/mol. The molecule has 0 aliphatic carbocycles. The maximum atomic E-state index is 13.1. The topological polar surface area (TPSA) is 70.7 Å². The van der Waals surface area contributed by atoms with Crippen LogP contribution in [-0.4, -0.2) is 43.6 Å². The summed E-state index contributed by atoms with van der Waals surface area (Å²) in [7, 11) is 1.61. The predicted molar refractivity (Wildman–Crippen MR) is 80.9 cm³/mol. The van der Waals surface area contributed by atoms with E-state index < -0.39 is 6.04 Å². The standard InChI is InChI=1S/C16H18FN3O3/c1-23-8-2-7-20-9-12-13(15(20)21)14(19-16(22)18-12)10-3-5-11(17)6-4-10/h3-6,14H,2,7-9H2,1H3,(H2,18,19,22)/t14-/m1/s1. The van der Waals surface area contributed by atoms with Gasteiger partial charge in [0.25, 0.3) is 5.91 Å². The van der Waals surface area contributed by atoms with Gasteiger partial charge in [-0.2, -0.15) is 0 Å². The molecule has 122 valence electrons. The summed E-state index contributed by atoms with van der Waals surface area (Å²) >= 11 is 0. The summed E-state index contributed by atoms with van der Waals surface area (Å²) in [6, 6.07) is 4.89. The molecule has 3 amide bonds. The zero-order chi connectivity index (χ0) is 16.4. The Bertz CT molecular complexity index is 657. The van der Waals surface area contributed by atoms with Crippen molar-refractivity contribution in [2.75, 3.05) is 26.8 Å². The van der Waals surface area contributed by atoms with Crippen LogP contribution in [0.1, 0.15) is 18.0 Å². The van der Waals surface area contributed by atoms with Crippen LogP contribution in [0.4, 0.5) is 9.18 Å². The summed E-state index contributed by atoms with van der Waals surface area (Å²) in [5.74, 6) is -0.472. The molecule has 2 aliphatic rings. The number of ether oxygens (including phenoxy) is 1. The molecule has 2 aliphatic heterocycles. The van der Waals surface area contributed by atoms with Crippen molar-refractivity contribution in [2.45, 2.75) is 12.5 Å². The number of nitrogens with one attached hydrogen (secondary N) is 2. The van der Waals surface area contributed by atoms with Crippen molar-refractivity contribution in [3.8, 4) is 0 Å². The first-order chi connectivity index (χ1) is 11.1. The quantitative estimate of drug-likeness (QED) is 0.804. The number of halogens is 1. The number of nitrogens with zero attached hydrogens (tertiary/aromatic N) is 1. The van der Waals surface area contributed by atoms with Crippen LogP contribution in [-0.2, 0) is 9.53 Å². The van der Waals surface area contributed by atoms with E-state index in [0.29, 0.717) is 36.5 Å². The fourth-order valence-electron chi connectivity index (χ4n) is 2.91. The van der Waals surface area contributed by atoms with Gasteiger partial charge < -0.3 is 20.3 Å². The molecule has 0 unspecified atom stereocenters. The smallest absolute Gasteiger partial charge is 0.319 e. The Balaban J connectivity index is 1.84. The Kier molecular flexibility index (Phi) is 4.29. The third kappa shape index (κ3) is 3.05. The van der Waals surface area contributed by atoms with E-state index in [4.69, 9.17) is 4.74 Å². The molecule has 0 saturated heterocycles. The van der Waals surface area contributed by atoms with Crippen LogP contribution >= 0.6 is 0 Å². The zero-order valence-corrected chi connectivity index (χ0v) is 12.8. The van der Waals surface area contributed by atoms with Crippen molar-refractivity contribution in [1.82, 2.24) is 15.5 Å². The number of carbonyl (C=O) groups excluding carboxylic acids is 2. The molecule has 6 nitrogen and oxygen atoms in total. The third-order valence-corrected chi connectivity index (χ3v) is 4.00. The molecule has 2 heterocycles. The van der Waals surface area contributed by atoms with Crippen molar-refractivity contribution in [3.05, 3.63) is 46.9 Å². The maximum Gasteiger partial charge on any atom is 0.319 e. The van der Waals surface area contributed by atoms with E-state index in [2.05, 4.69) is 10.6 Å². The number of hydrogen-bond donors (Lipinski definition) is 2. The number of amides is 3. The Morgan fingerprint density at radius 3 is 2.74 bits per heavy atom. The highest BCUT2D eigenvalue weighted by Gasteiger charge is 2.39.